The third-order valence-electron chi connectivity index (χ3n) is 1.76. The quantitative estimate of drug-likeness (QED) is 0.515. The van der Waals surface area contributed by atoms with E-state index in [1.807, 2.05) is 11.3 Å². The van der Waals surface area contributed by atoms with Gasteiger partial charge in [-0.1, -0.05) is 0 Å². The predicted octanol–water partition coefficient (Wildman–Crippen LogP) is 2.64. The molecule has 1 aliphatic carbocycles. The van der Waals surface area contributed by atoms with Crippen LogP contribution >= 0.6 is 11.3 Å². The van der Waals surface area contributed by atoms with Crippen molar-refractivity contribution in [2.24, 2.45) is 0 Å². The monoisotopic (exact) mass is 137 g/mol. The minimum Gasteiger partial charge on any atom is -0.148 e. The second-order valence-electron chi connectivity index (χ2n) is 2.41. The van der Waals surface area contributed by atoms with Gasteiger partial charge in [0.05, 0.1) is 0 Å². The summed E-state index contributed by atoms with van der Waals surface area (Å²) in [4.78, 5) is 1.52. The zero-order chi connectivity index (χ0) is 6.10. The van der Waals surface area contributed by atoms with E-state index in [4.69, 9.17) is 0 Å². The zero-order valence-corrected chi connectivity index (χ0v) is 6.08. The standard InChI is InChI=1S/C8H9S/c1-2-4-8-7(3-1)5-6-9-8/h4-6H,1-3H2. The molecule has 1 heteroatoms. The summed E-state index contributed by atoms with van der Waals surface area (Å²) in [5.41, 5.74) is 1.56. The summed E-state index contributed by atoms with van der Waals surface area (Å²) >= 11 is 1.87. The molecule has 1 aliphatic rings. The fraction of sp³-hybridized carbons (Fsp3) is 0.375. The van der Waals surface area contributed by atoms with Crippen molar-refractivity contribution in [3.63, 3.8) is 0 Å². The van der Waals surface area contributed by atoms with Crippen molar-refractivity contribution < 1.29 is 0 Å². The molecule has 1 aromatic rings. The van der Waals surface area contributed by atoms with Gasteiger partial charge in [0.25, 0.3) is 0 Å². The first-order valence-electron chi connectivity index (χ1n) is 3.36. The van der Waals surface area contributed by atoms with E-state index in [1.54, 1.807) is 5.56 Å². The van der Waals surface area contributed by atoms with E-state index >= 15 is 0 Å². The summed E-state index contributed by atoms with van der Waals surface area (Å²) in [7, 11) is 0. The minimum atomic E-state index is 1.29. The number of fused-ring (bicyclic) bond motifs is 1. The molecule has 1 aromatic heterocycles. The molecular formula is C8H9S. The van der Waals surface area contributed by atoms with Crippen LogP contribution in [0.3, 0.4) is 0 Å². The van der Waals surface area contributed by atoms with E-state index in [1.165, 1.54) is 24.1 Å². The Balaban J connectivity index is 2.39. The van der Waals surface area contributed by atoms with Crippen molar-refractivity contribution in [1.29, 1.82) is 0 Å². The molecule has 0 amide bonds. The van der Waals surface area contributed by atoms with Gasteiger partial charge in [0, 0.05) is 11.3 Å². The van der Waals surface area contributed by atoms with Crippen molar-refractivity contribution in [2.45, 2.75) is 19.3 Å². The molecule has 47 valence electrons. The summed E-state index contributed by atoms with van der Waals surface area (Å²) in [6, 6.07) is 2.25. The van der Waals surface area contributed by atoms with Crippen LogP contribution in [0, 0.1) is 6.42 Å². The highest BCUT2D eigenvalue weighted by atomic mass is 32.1. The average molecular weight is 137 g/mol. The van der Waals surface area contributed by atoms with Crippen molar-refractivity contribution in [2.75, 3.05) is 0 Å². The summed E-state index contributed by atoms with van der Waals surface area (Å²) < 4.78 is 0. The van der Waals surface area contributed by atoms with Crippen LogP contribution in [0.1, 0.15) is 23.3 Å². The summed E-state index contributed by atoms with van der Waals surface area (Å²) in [5.74, 6) is 0. The Morgan fingerprint density at radius 3 is 3.33 bits per heavy atom. The number of thiophene rings is 1. The highest BCUT2D eigenvalue weighted by Crippen LogP contribution is 2.26. The molecule has 1 radical (unpaired) electrons. The van der Waals surface area contributed by atoms with Gasteiger partial charge in [0.1, 0.15) is 0 Å². The summed E-state index contributed by atoms with van der Waals surface area (Å²) in [5, 5.41) is 2.19. The maximum absolute atomic E-state index is 2.35. The molecule has 2 rings (SSSR count). The molecule has 0 N–H and O–H groups in total. The van der Waals surface area contributed by atoms with Crippen LogP contribution in [0.4, 0.5) is 0 Å². The maximum atomic E-state index is 2.35. The van der Waals surface area contributed by atoms with Gasteiger partial charge in [0.15, 0.2) is 0 Å². The lowest BCUT2D eigenvalue weighted by molar-refractivity contribution is 0.784. The van der Waals surface area contributed by atoms with Crippen LogP contribution in [-0.2, 0) is 6.42 Å². The molecular weight excluding hydrogens is 128 g/mol. The highest BCUT2D eigenvalue weighted by molar-refractivity contribution is 7.10. The SMILES string of the molecule is [CH]1CCCc2ccsc21. The second-order valence-corrected chi connectivity index (χ2v) is 3.35. The number of aryl methyl sites for hydroxylation is 1. The second kappa shape index (κ2) is 2.14. The number of hydrogen-bond donors (Lipinski definition) is 0. The molecule has 0 atom stereocenters. The lowest BCUT2D eigenvalue weighted by atomic mass is 10.00. The van der Waals surface area contributed by atoms with Gasteiger partial charge in [-0.25, -0.2) is 0 Å². The van der Waals surface area contributed by atoms with Gasteiger partial charge in [-0.15, -0.1) is 11.3 Å². The largest absolute Gasteiger partial charge is 0.148 e. The van der Waals surface area contributed by atoms with Crippen LogP contribution in [-0.4, -0.2) is 0 Å². The van der Waals surface area contributed by atoms with Crippen molar-refractivity contribution in [3.8, 4) is 0 Å². The van der Waals surface area contributed by atoms with Crippen LogP contribution in [0.25, 0.3) is 0 Å². The van der Waals surface area contributed by atoms with Crippen LogP contribution in [0.2, 0.25) is 0 Å². The van der Waals surface area contributed by atoms with E-state index < -0.39 is 0 Å². The Labute approximate surface area is 59.5 Å². The smallest absolute Gasteiger partial charge is 0.0115 e. The summed E-state index contributed by atoms with van der Waals surface area (Å²) in [6.45, 7) is 0. The van der Waals surface area contributed by atoms with E-state index in [-0.39, 0.29) is 0 Å². The van der Waals surface area contributed by atoms with Crippen molar-refractivity contribution >= 4 is 11.3 Å². The number of rotatable bonds is 0. The normalized spacial score (nSPS) is 17.3. The van der Waals surface area contributed by atoms with Gasteiger partial charge < -0.3 is 0 Å². The van der Waals surface area contributed by atoms with Gasteiger partial charge in [-0.05, 0) is 36.3 Å². The highest BCUT2D eigenvalue weighted by Gasteiger charge is 2.08. The molecule has 0 nitrogen and oxygen atoms in total. The van der Waals surface area contributed by atoms with Crippen molar-refractivity contribution in [3.05, 3.63) is 28.3 Å². The van der Waals surface area contributed by atoms with Crippen LogP contribution in [0.15, 0.2) is 11.4 Å². The fourth-order valence-corrected chi connectivity index (χ4v) is 2.17. The minimum absolute atomic E-state index is 1.29. The molecule has 9 heavy (non-hydrogen) atoms. The van der Waals surface area contributed by atoms with E-state index in [9.17, 15) is 0 Å². The first-order valence-corrected chi connectivity index (χ1v) is 4.24. The Bertz CT molecular complexity index is 180. The first-order chi connectivity index (χ1) is 4.47. The molecule has 0 aromatic carbocycles. The number of hydrogen-bond acceptors (Lipinski definition) is 1. The van der Waals surface area contributed by atoms with Crippen molar-refractivity contribution in [1.82, 2.24) is 0 Å². The lowest BCUT2D eigenvalue weighted by Gasteiger charge is -2.08. The van der Waals surface area contributed by atoms with E-state index in [0.717, 1.165) is 0 Å². The Morgan fingerprint density at radius 2 is 2.44 bits per heavy atom. The Kier molecular flexibility index (Phi) is 1.31. The molecule has 0 saturated carbocycles. The third kappa shape index (κ3) is 0.897. The molecule has 1 heterocycles. The van der Waals surface area contributed by atoms with Gasteiger partial charge >= 0.3 is 0 Å². The molecule has 0 aliphatic heterocycles. The molecule has 0 spiro atoms. The molecule has 0 bridgehead atoms. The Morgan fingerprint density at radius 1 is 1.44 bits per heavy atom. The molecule has 0 saturated heterocycles. The zero-order valence-electron chi connectivity index (χ0n) is 5.26. The average Bonchev–Trinajstić information content (AvgIpc) is 2.33. The van der Waals surface area contributed by atoms with Crippen LogP contribution in [0.5, 0.6) is 0 Å². The molecule has 0 unspecified atom stereocenters. The Hall–Kier alpha value is -0.300. The van der Waals surface area contributed by atoms with Gasteiger partial charge in [-0.3, -0.25) is 0 Å². The topological polar surface area (TPSA) is 0 Å². The third-order valence-corrected chi connectivity index (χ3v) is 2.72. The maximum Gasteiger partial charge on any atom is 0.0115 e. The first kappa shape index (κ1) is 5.48. The van der Waals surface area contributed by atoms with Gasteiger partial charge in [-0.2, -0.15) is 0 Å². The predicted molar refractivity (Wildman–Crippen MR) is 40.7 cm³/mol. The fourth-order valence-electron chi connectivity index (χ4n) is 1.26. The van der Waals surface area contributed by atoms with Crippen LogP contribution < -0.4 is 0 Å². The molecule has 0 fully saturated rings. The summed E-state index contributed by atoms with van der Waals surface area (Å²) in [6.07, 6.45) is 6.29. The van der Waals surface area contributed by atoms with E-state index in [2.05, 4.69) is 17.9 Å². The van der Waals surface area contributed by atoms with E-state index in [0.29, 0.717) is 0 Å². The lowest BCUT2D eigenvalue weighted by Crippen LogP contribution is -1.94. The van der Waals surface area contributed by atoms with Gasteiger partial charge in [0.2, 0.25) is 0 Å².